The molecule has 3 rings (SSSR count). The van der Waals surface area contributed by atoms with Crippen LogP contribution in [0, 0.1) is 0 Å². The van der Waals surface area contributed by atoms with Crippen molar-refractivity contribution in [1.82, 2.24) is 15.1 Å². The van der Waals surface area contributed by atoms with Gasteiger partial charge in [-0.2, -0.15) is 5.10 Å². The summed E-state index contributed by atoms with van der Waals surface area (Å²) < 4.78 is 5.19. The van der Waals surface area contributed by atoms with E-state index in [4.69, 9.17) is 4.74 Å². The van der Waals surface area contributed by atoms with Gasteiger partial charge in [0.2, 0.25) is 0 Å². The normalized spacial score (nSPS) is 24.0. The second kappa shape index (κ2) is 2.82. The molecule has 1 fully saturated rings. The molecule has 70 valence electrons. The van der Waals surface area contributed by atoms with Crippen LogP contribution in [0.1, 0.15) is 11.3 Å². The van der Waals surface area contributed by atoms with Gasteiger partial charge >= 0.3 is 0 Å². The number of hydrogen-bond donors (Lipinski definition) is 1. The van der Waals surface area contributed by atoms with Crippen molar-refractivity contribution in [2.24, 2.45) is 0 Å². The molecular formula is C9H13N3O. The molecule has 1 aromatic heterocycles. The molecule has 2 aliphatic rings. The van der Waals surface area contributed by atoms with E-state index >= 15 is 0 Å². The van der Waals surface area contributed by atoms with E-state index in [-0.39, 0.29) is 0 Å². The maximum absolute atomic E-state index is 5.19. The van der Waals surface area contributed by atoms with Crippen LogP contribution in [0.25, 0.3) is 0 Å². The lowest BCUT2D eigenvalue weighted by Gasteiger charge is -2.39. The summed E-state index contributed by atoms with van der Waals surface area (Å²) in [5.74, 6) is 0. The predicted octanol–water partition coefficient (Wildman–Crippen LogP) is 0.167. The molecule has 1 saturated heterocycles. The highest BCUT2D eigenvalue weighted by Crippen LogP contribution is 2.20. The molecular weight excluding hydrogens is 166 g/mol. The molecule has 0 saturated carbocycles. The zero-order valence-corrected chi connectivity index (χ0v) is 7.49. The number of fused-ring (bicyclic) bond motifs is 1. The molecule has 0 spiro atoms. The SMILES string of the molecule is c1n[nH]c2c1CN(C1COC1)CC2. The Morgan fingerprint density at radius 3 is 3.23 bits per heavy atom. The van der Waals surface area contributed by atoms with E-state index < -0.39 is 0 Å². The van der Waals surface area contributed by atoms with Gasteiger partial charge in [-0.1, -0.05) is 0 Å². The molecule has 0 bridgehead atoms. The molecule has 0 unspecified atom stereocenters. The highest BCUT2D eigenvalue weighted by Gasteiger charge is 2.29. The molecule has 4 nitrogen and oxygen atoms in total. The summed E-state index contributed by atoms with van der Waals surface area (Å²) in [6, 6.07) is 0.656. The van der Waals surface area contributed by atoms with Crippen molar-refractivity contribution >= 4 is 0 Å². The number of rotatable bonds is 1. The van der Waals surface area contributed by atoms with Crippen LogP contribution < -0.4 is 0 Å². The third kappa shape index (κ3) is 1.17. The maximum atomic E-state index is 5.19. The van der Waals surface area contributed by atoms with Crippen LogP contribution in [0.2, 0.25) is 0 Å². The first-order valence-electron chi connectivity index (χ1n) is 4.76. The molecule has 0 amide bonds. The van der Waals surface area contributed by atoms with E-state index in [1.807, 2.05) is 6.20 Å². The fourth-order valence-electron chi connectivity index (χ4n) is 1.99. The largest absolute Gasteiger partial charge is 0.378 e. The van der Waals surface area contributed by atoms with Crippen molar-refractivity contribution in [2.45, 2.75) is 19.0 Å². The Morgan fingerprint density at radius 2 is 2.46 bits per heavy atom. The average Bonchev–Trinajstić information content (AvgIpc) is 2.47. The number of nitrogens with zero attached hydrogens (tertiary/aromatic N) is 2. The van der Waals surface area contributed by atoms with E-state index in [0.29, 0.717) is 6.04 Å². The van der Waals surface area contributed by atoms with Crippen molar-refractivity contribution in [3.8, 4) is 0 Å². The highest BCUT2D eigenvalue weighted by molar-refractivity contribution is 5.19. The number of ether oxygens (including phenoxy) is 1. The van der Waals surface area contributed by atoms with Crippen molar-refractivity contribution in [3.05, 3.63) is 17.5 Å². The van der Waals surface area contributed by atoms with Gasteiger partial charge in [-0.05, 0) is 0 Å². The summed E-state index contributed by atoms with van der Waals surface area (Å²) in [4.78, 5) is 2.49. The molecule has 3 heterocycles. The summed E-state index contributed by atoms with van der Waals surface area (Å²) in [6.07, 6.45) is 3.05. The van der Waals surface area contributed by atoms with Gasteiger partial charge in [0, 0.05) is 30.8 Å². The Hall–Kier alpha value is -0.870. The lowest BCUT2D eigenvalue weighted by molar-refractivity contribution is -0.0695. The van der Waals surface area contributed by atoms with Gasteiger partial charge in [0.1, 0.15) is 0 Å². The first-order chi connectivity index (χ1) is 6.43. The molecule has 4 heteroatoms. The van der Waals surface area contributed by atoms with E-state index in [2.05, 4.69) is 15.1 Å². The van der Waals surface area contributed by atoms with Gasteiger partial charge in [0.25, 0.3) is 0 Å². The van der Waals surface area contributed by atoms with Crippen LogP contribution in [-0.4, -0.2) is 40.9 Å². The van der Waals surface area contributed by atoms with Crippen LogP contribution in [0.5, 0.6) is 0 Å². The van der Waals surface area contributed by atoms with Gasteiger partial charge in [-0.3, -0.25) is 10.00 Å². The summed E-state index contributed by atoms with van der Waals surface area (Å²) in [6.45, 7) is 4.00. The zero-order chi connectivity index (χ0) is 8.67. The lowest BCUT2D eigenvalue weighted by Crippen LogP contribution is -2.50. The minimum atomic E-state index is 0.656. The van der Waals surface area contributed by atoms with Crippen LogP contribution in [-0.2, 0) is 17.7 Å². The van der Waals surface area contributed by atoms with Crippen LogP contribution >= 0.6 is 0 Å². The quantitative estimate of drug-likeness (QED) is 0.668. The highest BCUT2D eigenvalue weighted by atomic mass is 16.5. The maximum Gasteiger partial charge on any atom is 0.0645 e. The van der Waals surface area contributed by atoms with Crippen molar-refractivity contribution in [3.63, 3.8) is 0 Å². The summed E-state index contributed by atoms with van der Waals surface area (Å²) in [7, 11) is 0. The number of hydrogen-bond acceptors (Lipinski definition) is 3. The van der Waals surface area contributed by atoms with E-state index in [9.17, 15) is 0 Å². The average molecular weight is 179 g/mol. The molecule has 2 aliphatic heterocycles. The van der Waals surface area contributed by atoms with Gasteiger partial charge in [0.15, 0.2) is 0 Å². The van der Waals surface area contributed by atoms with Crippen LogP contribution in [0.15, 0.2) is 6.20 Å². The van der Waals surface area contributed by atoms with Crippen LogP contribution in [0.4, 0.5) is 0 Å². The molecule has 1 aromatic rings. The molecule has 0 aromatic carbocycles. The summed E-state index contributed by atoms with van der Waals surface area (Å²) in [5.41, 5.74) is 2.68. The first-order valence-corrected chi connectivity index (χ1v) is 4.76. The second-order valence-corrected chi connectivity index (χ2v) is 3.79. The molecule has 0 radical (unpaired) electrons. The van der Waals surface area contributed by atoms with Gasteiger partial charge in [-0.25, -0.2) is 0 Å². The standard InChI is InChI=1S/C9H13N3O/c1-2-12(8-5-13-6-8)4-7-3-10-11-9(1)7/h3,8H,1-2,4-6H2,(H,10,11). The number of nitrogens with one attached hydrogen (secondary N) is 1. The minimum absolute atomic E-state index is 0.656. The lowest BCUT2D eigenvalue weighted by atomic mass is 10.1. The third-order valence-electron chi connectivity index (χ3n) is 2.97. The fraction of sp³-hybridized carbons (Fsp3) is 0.667. The van der Waals surface area contributed by atoms with Gasteiger partial charge in [-0.15, -0.1) is 0 Å². The fourth-order valence-corrected chi connectivity index (χ4v) is 1.99. The Labute approximate surface area is 76.9 Å². The second-order valence-electron chi connectivity index (χ2n) is 3.79. The van der Waals surface area contributed by atoms with E-state index in [0.717, 1.165) is 32.7 Å². The minimum Gasteiger partial charge on any atom is -0.378 e. The summed E-state index contributed by atoms with van der Waals surface area (Å²) in [5, 5.41) is 7.10. The predicted molar refractivity (Wildman–Crippen MR) is 47.3 cm³/mol. The number of aromatic nitrogens is 2. The Morgan fingerprint density at radius 1 is 1.54 bits per heavy atom. The Kier molecular flexibility index (Phi) is 1.63. The Balaban J connectivity index is 1.76. The van der Waals surface area contributed by atoms with E-state index in [1.54, 1.807) is 0 Å². The topological polar surface area (TPSA) is 41.2 Å². The van der Waals surface area contributed by atoms with Gasteiger partial charge in [0.05, 0.1) is 25.5 Å². The first kappa shape index (κ1) is 7.53. The van der Waals surface area contributed by atoms with Gasteiger partial charge < -0.3 is 4.74 Å². The molecule has 13 heavy (non-hydrogen) atoms. The Bertz CT molecular complexity index is 306. The van der Waals surface area contributed by atoms with Crippen molar-refractivity contribution in [1.29, 1.82) is 0 Å². The summed E-state index contributed by atoms with van der Waals surface area (Å²) >= 11 is 0. The smallest absolute Gasteiger partial charge is 0.0645 e. The third-order valence-corrected chi connectivity index (χ3v) is 2.97. The number of H-pyrrole nitrogens is 1. The molecule has 0 atom stereocenters. The van der Waals surface area contributed by atoms with E-state index in [1.165, 1.54) is 11.3 Å². The van der Waals surface area contributed by atoms with Crippen molar-refractivity contribution in [2.75, 3.05) is 19.8 Å². The van der Waals surface area contributed by atoms with Crippen molar-refractivity contribution < 1.29 is 4.74 Å². The number of aromatic amines is 1. The molecule has 1 N–H and O–H groups in total. The molecule has 0 aliphatic carbocycles. The zero-order valence-electron chi connectivity index (χ0n) is 7.49. The van der Waals surface area contributed by atoms with Crippen LogP contribution in [0.3, 0.4) is 0 Å². The monoisotopic (exact) mass is 179 g/mol.